The van der Waals surface area contributed by atoms with Crippen molar-refractivity contribution in [3.63, 3.8) is 0 Å². The van der Waals surface area contributed by atoms with Crippen LogP contribution < -0.4 is 5.32 Å². The number of nitrogens with one attached hydrogen (secondary N) is 1. The van der Waals surface area contributed by atoms with Gasteiger partial charge < -0.3 is 19.9 Å². The van der Waals surface area contributed by atoms with Crippen molar-refractivity contribution in [3.8, 4) is 11.3 Å². The van der Waals surface area contributed by atoms with Crippen LogP contribution in [0, 0.1) is 11.6 Å². The Morgan fingerprint density at radius 2 is 1.83 bits per heavy atom. The first kappa shape index (κ1) is 23.6. The molecule has 1 aliphatic carbocycles. The predicted molar refractivity (Wildman–Crippen MR) is 129 cm³/mol. The van der Waals surface area contributed by atoms with E-state index in [0.717, 1.165) is 24.5 Å². The summed E-state index contributed by atoms with van der Waals surface area (Å²) in [5, 5.41) is 14.1. The van der Waals surface area contributed by atoms with Crippen molar-refractivity contribution in [2.75, 3.05) is 19.6 Å². The van der Waals surface area contributed by atoms with Crippen molar-refractivity contribution in [1.29, 1.82) is 0 Å². The summed E-state index contributed by atoms with van der Waals surface area (Å²) in [7, 11) is 0. The number of carbonyl (C=O) groups excluding carboxylic acids is 1. The first-order valence-electron chi connectivity index (χ1n) is 12.3. The molecule has 1 saturated carbocycles. The largest absolute Gasteiger partial charge is 0.391 e. The number of benzene rings is 2. The normalized spacial score (nSPS) is 22.8. The van der Waals surface area contributed by atoms with Gasteiger partial charge in [-0.25, -0.2) is 13.8 Å². The number of hydrogen-bond acceptors (Lipinski definition) is 4. The topological polar surface area (TPSA) is 70.4 Å². The molecule has 0 spiro atoms. The maximum Gasteiger partial charge on any atom is 0.275 e. The Morgan fingerprint density at radius 1 is 1.09 bits per heavy atom. The van der Waals surface area contributed by atoms with E-state index in [0.29, 0.717) is 44.6 Å². The maximum atomic E-state index is 14.2. The van der Waals surface area contributed by atoms with Gasteiger partial charge in [0.05, 0.1) is 24.2 Å². The van der Waals surface area contributed by atoms with E-state index in [1.165, 1.54) is 12.1 Å². The Balaban J connectivity index is 1.54. The molecular weight excluding hydrogens is 450 g/mol. The standard InChI is InChI=1S/C27H30F2N4O2/c28-20-13-19(14-21(29)15-20)26-25(31-17-33(26)23-8-4-5-9-24(23)34)27(35)32-11-10-30-16-22(32)12-18-6-2-1-3-7-18/h1-3,6-7,13-15,17,22-24,30,34H,4-5,8-12,16H2/t22-,23+,24-/m1/s1. The van der Waals surface area contributed by atoms with Gasteiger partial charge >= 0.3 is 0 Å². The van der Waals surface area contributed by atoms with Crippen LogP contribution in [0.25, 0.3) is 11.3 Å². The van der Waals surface area contributed by atoms with E-state index in [4.69, 9.17) is 0 Å². The monoisotopic (exact) mass is 480 g/mol. The first-order chi connectivity index (χ1) is 17.0. The molecule has 2 aliphatic rings. The van der Waals surface area contributed by atoms with Crippen LogP contribution in [0.4, 0.5) is 8.78 Å². The number of piperazine rings is 1. The van der Waals surface area contributed by atoms with Gasteiger partial charge in [-0.3, -0.25) is 4.79 Å². The Labute approximate surface area is 203 Å². The number of carbonyl (C=O) groups is 1. The lowest BCUT2D eigenvalue weighted by molar-refractivity contribution is 0.0629. The van der Waals surface area contributed by atoms with Gasteiger partial charge in [0.1, 0.15) is 11.6 Å². The van der Waals surface area contributed by atoms with E-state index < -0.39 is 17.7 Å². The molecule has 2 aromatic carbocycles. The average molecular weight is 481 g/mol. The number of halogens is 2. The number of nitrogens with zero attached hydrogens (tertiary/aromatic N) is 3. The average Bonchev–Trinajstić information content (AvgIpc) is 3.29. The number of aromatic nitrogens is 2. The zero-order chi connectivity index (χ0) is 24.4. The highest BCUT2D eigenvalue weighted by Crippen LogP contribution is 2.35. The summed E-state index contributed by atoms with van der Waals surface area (Å²) in [6.07, 6.45) is 4.81. The second-order valence-electron chi connectivity index (χ2n) is 9.47. The highest BCUT2D eigenvalue weighted by molar-refractivity contribution is 5.98. The summed E-state index contributed by atoms with van der Waals surface area (Å²) in [6.45, 7) is 1.81. The lowest BCUT2D eigenvalue weighted by Gasteiger charge is -2.36. The van der Waals surface area contributed by atoms with Gasteiger partial charge in [0.15, 0.2) is 5.69 Å². The minimum atomic E-state index is -0.723. The van der Waals surface area contributed by atoms with E-state index in [-0.39, 0.29) is 29.2 Å². The fourth-order valence-corrected chi connectivity index (χ4v) is 5.39. The second kappa shape index (κ2) is 10.3. The van der Waals surface area contributed by atoms with Crippen LogP contribution in [-0.2, 0) is 6.42 Å². The van der Waals surface area contributed by atoms with Gasteiger partial charge in [-0.05, 0) is 37.0 Å². The van der Waals surface area contributed by atoms with Crippen LogP contribution in [0.3, 0.4) is 0 Å². The molecule has 35 heavy (non-hydrogen) atoms. The number of rotatable bonds is 5. The molecule has 1 aliphatic heterocycles. The molecular formula is C27H30F2N4O2. The number of amides is 1. The summed E-state index contributed by atoms with van der Waals surface area (Å²) in [4.78, 5) is 20.2. The van der Waals surface area contributed by atoms with Gasteiger partial charge in [0.2, 0.25) is 0 Å². The van der Waals surface area contributed by atoms with Gasteiger partial charge in [0, 0.05) is 37.3 Å². The highest BCUT2D eigenvalue weighted by Gasteiger charge is 2.34. The summed E-state index contributed by atoms with van der Waals surface area (Å²) in [5.41, 5.74) is 1.89. The van der Waals surface area contributed by atoms with E-state index in [2.05, 4.69) is 10.3 Å². The van der Waals surface area contributed by atoms with Crippen molar-refractivity contribution >= 4 is 5.91 Å². The molecule has 2 N–H and O–H groups in total. The first-order valence-corrected chi connectivity index (χ1v) is 12.3. The van der Waals surface area contributed by atoms with Gasteiger partial charge in [-0.1, -0.05) is 43.2 Å². The van der Waals surface area contributed by atoms with Crippen molar-refractivity contribution in [2.24, 2.45) is 0 Å². The molecule has 1 amide bonds. The molecule has 2 fully saturated rings. The molecule has 0 bridgehead atoms. The summed E-state index contributed by atoms with van der Waals surface area (Å²) < 4.78 is 30.2. The molecule has 3 aromatic rings. The number of hydrogen-bond donors (Lipinski definition) is 2. The Bertz CT molecular complexity index is 1160. The van der Waals surface area contributed by atoms with Crippen molar-refractivity contribution in [2.45, 2.75) is 50.3 Å². The highest BCUT2D eigenvalue weighted by atomic mass is 19.1. The third-order valence-corrected chi connectivity index (χ3v) is 7.11. The Hall–Kier alpha value is -3.10. The molecule has 1 aromatic heterocycles. The van der Waals surface area contributed by atoms with E-state index in [9.17, 15) is 18.7 Å². The summed E-state index contributed by atoms with van der Waals surface area (Å²) >= 11 is 0. The number of aliphatic hydroxyl groups excluding tert-OH is 1. The SMILES string of the molecule is O=C(c1ncn([C@H]2CCCC[C@H]2O)c1-c1cc(F)cc(F)c1)N1CCNC[C@H]1Cc1ccccc1. The summed E-state index contributed by atoms with van der Waals surface area (Å²) in [6, 6.07) is 12.9. The van der Waals surface area contributed by atoms with Crippen molar-refractivity contribution in [3.05, 3.63) is 77.8 Å². The summed E-state index contributed by atoms with van der Waals surface area (Å²) in [5.74, 6) is -1.71. The van der Waals surface area contributed by atoms with E-state index >= 15 is 0 Å². The van der Waals surface area contributed by atoms with Crippen LogP contribution >= 0.6 is 0 Å². The van der Waals surface area contributed by atoms with Crippen LogP contribution in [0.1, 0.15) is 47.8 Å². The number of aliphatic hydroxyl groups is 1. The van der Waals surface area contributed by atoms with E-state index in [1.807, 2.05) is 35.2 Å². The third kappa shape index (κ3) is 4.99. The minimum Gasteiger partial charge on any atom is -0.391 e. The van der Waals surface area contributed by atoms with Crippen molar-refractivity contribution < 1.29 is 18.7 Å². The second-order valence-corrected chi connectivity index (χ2v) is 9.47. The van der Waals surface area contributed by atoms with Crippen LogP contribution in [-0.4, -0.2) is 57.2 Å². The molecule has 1 saturated heterocycles. The molecule has 3 atom stereocenters. The smallest absolute Gasteiger partial charge is 0.275 e. The van der Waals surface area contributed by atoms with E-state index in [1.54, 1.807) is 10.9 Å². The fraction of sp³-hybridized carbons (Fsp3) is 0.407. The predicted octanol–water partition coefficient (Wildman–Crippen LogP) is 3.96. The molecule has 6 nitrogen and oxygen atoms in total. The lowest BCUT2D eigenvalue weighted by Crippen LogP contribution is -2.54. The third-order valence-electron chi connectivity index (χ3n) is 7.11. The molecule has 0 radical (unpaired) electrons. The fourth-order valence-electron chi connectivity index (χ4n) is 5.39. The van der Waals surface area contributed by atoms with Crippen LogP contribution in [0.5, 0.6) is 0 Å². The van der Waals surface area contributed by atoms with Gasteiger partial charge in [-0.15, -0.1) is 0 Å². The minimum absolute atomic E-state index is 0.0823. The molecule has 184 valence electrons. The zero-order valence-corrected chi connectivity index (χ0v) is 19.5. The van der Waals surface area contributed by atoms with Gasteiger partial charge in [-0.2, -0.15) is 0 Å². The molecule has 0 unspecified atom stereocenters. The Kier molecular flexibility index (Phi) is 6.92. The number of imidazole rings is 1. The Morgan fingerprint density at radius 3 is 2.57 bits per heavy atom. The van der Waals surface area contributed by atoms with Gasteiger partial charge in [0.25, 0.3) is 5.91 Å². The van der Waals surface area contributed by atoms with Crippen LogP contribution in [0.15, 0.2) is 54.9 Å². The van der Waals surface area contributed by atoms with Crippen molar-refractivity contribution in [1.82, 2.24) is 19.8 Å². The molecule has 2 heterocycles. The lowest BCUT2D eigenvalue weighted by atomic mass is 9.92. The zero-order valence-electron chi connectivity index (χ0n) is 19.5. The maximum absolute atomic E-state index is 14.2. The quantitative estimate of drug-likeness (QED) is 0.580. The molecule has 5 rings (SSSR count). The molecule has 8 heteroatoms. The van der Waals surface area contributed by atoms with Crippen LogP contribution in [0.2, 0.25) is 0 Å².